The van der Waals surface area contributed by atoms with E-state index in [0.29, 0.717) is 6.42 Å². The molecule has 0 aliphatic heterocycles. The Morgan fingerprint density at radius 3 is 2.29 bits per heavy atom. The van der Waals surface area contributed by atoms with Gasteiger partial charge in [0.05, 0.1) is 5.41 Å². The van der Waals surface area contributed by atoms with Crippen molar-refractivity contribution >= 4 is 12.6 Å². The highest BCUT2D eigenvalue weighted by Gasteiger charge is 2.22. The summed E-state index contributed by atoms with van der Waals surface area (Å²) in [7, 11) is 0. The summed E-state index contributed by atoms with van der Waals surface area (Å²) in [6, 6.07) is 7.79. The van der Waals surface area contributed by atoms with Crippen LogP contribution in [0, 0.1) is 24.7 Å². The second kappa shape index (κ2) is 4.27. The molecule has 0 N–H and O–H groups in total. The third-order valence-electron chi connectivity index (χ3n) is 2.28. The van der Waals surface area contributed by atoms with Crippen LogP contribution in [0.4, 0.5) is 0 Å². The zero-order valence-electron chi connectivity index (χ0n) is 8.12. The molecule has 0 aliphatic carbocycles. The van der Waals surface area contributed by atoms with E-state index in [1.807, 2.05) is 31.2 Å². The number of rotatable bonds is 2. The molecule has 1 aromatic rings. The molecule has 0 radical (unpaired) electrons. The molecule has 0 amide bonds. The van der Waals surface area contributed by atoms with Crippen LogP contribution in [0.1, 0.15) is 18.9 Å². The number of terminal acetylenes is 2. The van der Waals surface area contributed by atoms with E-state index in [2.05, 4.69) is 24.5 Å². The van der Waals surface area contributed by atoms with Crippen molar-refractivity contribution in [3.8, 4) is 24.7 Å². The Morgan fingerprint density at radius 1 is 1.29 bits per heavy atom. The number of benzene rings is 1. The smallest absolute Gasteiger partial charge is 0.0640 e. The van der Waals surface area contributed by atoms with E-state index in [1.165, 1.54) is 0 Å². The lowest BCUT2D eigenvalue weighted by Gasteiger charge is -2.21. The van der Waals surface area contributed by atoms with Crippen molar-refractivity contribution in [3.05, 3.63) is 29.8 Å². The van der Waals surface area contributed by atoms with E-state index in [4.69, 9.17) is 12.8 Å². The molecule has 70 valence electrons. The van der Waals surface area contributed by atoms with Crippen LogP contribution >= 0.6 is 12.6 Å². The molecule has 0 saturated heterocycles. The third-order valence-corrected chi connectivity index (χ3v) is 2.58. The lowest BCUT2D eigenvalue weighted by Crippen LogP contribution is -2.18. The van der Waals surface area contributed by atoms with E-state index in [9.17, 15) is 0 Å². The molecule has 1 aromatic carbocycles. The number of thiol groups is 1. The Hall–Kier alpha value is -1.31. The van der Waals surface area contributed by atoms with Gasteiger partial charge in [0.2, 0.25) is 0 Å². The molecule has 1 atom stereocenters. The highest BCUT2D eigenvalue weighted by molar-refractivity contribution is 7.80. The van der Waals surface area contributed by atoms with Crippen molar-refractivity contribution in [3.63, 3.8) is 0 Å². The van der Waals surface area contributed by atoms with Gasteiger partial charge in [-0.1, -0.05) is 18.1 Å². The summed E-state index contributed by atoms with van der Waals surface area (Å²) in [6.45, 7) is 1.97. The summed E-state index contributed by atoms with van der Waals surface area (Å²) < 4.78 is 0. The first-order valence-electron chi connectivity index (χ1n) is 4.33. The monoisotopic (exact) mass is 200 g/mol. The minimum Gasteiger partial charge on any atom is -0.143 e. The van der Waals surface area contributed by atoms with Crippen LogP contribution in [0.2, 0.25) is 0 Å². The average Bonchev–Trinajstić information content (AvgIpc) is 2.19. The Labute approximate surface area is 91.1 Å². The molecular weight excluding hydrogens is 188 g/mol. The fraction of sp³-hybridized carbons (Fsp3) is 0.231. The van der Waals surface area contributed by atoms with Crippen LogP contribution in [-0.4, -0.2) is 0 Å². The van der Waals surface area contributed by atoms with Crippen LogP contribution < -0.4 is 0 Å². The molecule has 1 unspecified atom stereocenters. The van der Waals surface area contributed by atoms with Crippen LogP contribution in [0.3, 0.4) is 0 Å². The highest BCUT2D eigenvalue weighted by atomic mass is 32.1. The number of hydrogen-bond donors (Lipinski definition) is 1. The molecule has 1 rings (SSSR count). The third kappa shape index (κ3) is 2.13. The Balaban J connectivity index is 3.09. The molecular formula is C13H12S. The zero-order chi connectivity index (χ0) is 10.6. The highest BCUT2D eigenvalue weighted by Crippen LogP contribution is 2.27. The van der Waals surface area contributed by atoms with Gasteiger partial charge in [-0.3, -0.25) is 0 Å². The summed E-state index contributed by atoms with van der Waals surface area (Å²) in [5.74, 6) is 5.36. The maximum atomic E-state index is 5.50. The van der Waals surface area contributed by atoms with Gasteiger partial charge >= 0.3 is 0 Å². The van der Waals surface area contributed by atoms with Gasteiger partial charge in [0, 0.05) is 11.3 Å². The molecule has 0 bridgehead atoms. The fourth-order valence-electron chi connectivity index (χ4n) is 1.27. The van der Waals surface area contributed by atoms with E-state index in [0.717, 1.165) is 10.5 Å². The van der Waals surface area contributed by atoms with E-state index in [-0.39, 0.29) is 5.41 Å². The van der Waals surface area contributed by atoms with Gasteiger partial charge < -0.3 is 0 Å². The second-order valence-corrected chi connectivity index (χ2v) is 3.92. The predicted molar refractivity (Wildman–Crippen MR) is 63.3 cm³/mol. The quantitative estimate of drug-likeness (QED) is 0.551. The van der Waals surface area contributed by atoms with Crippen LogP contribution in [-0.2, 0) is 5.41 Å². The summed E-state index contributed by atoms with van der Waals surface area (Å²) >= 11 is 4.22. The average molecular weight is 200 g/mol. The molecule has 14 heavy (non-hydrogen) atoms. The SMILES string of the molecule is C#CCC(C)(C#C)c1ccc(S)cc1. The molecule has 0 saturated carbocycles. The Kier molecular flexibility index (Phi) is 3.28. The summed E-state index contributed by atoms with van der Waals surface area (Å²) in [4.78, 5) is 0.925. The van der Waals surface area contributed by atoms with E-state index >= 15 is 0 Å². The molecule has 0 spiro atoms. The van der Waals surface area contributed by atoms with Crippen LogP contribution in [0.5, 0.6) is 0 Å². The van der Waals surface area contributed by atoms with Crippen molar-refractivity contribution < 1.29 is 0 Å². The van der Waals surface area contributed by atoms with Gasteiger partial charge in [-0.15, -0.1) is 31.4 Å². The van der Waals surface area contributed by atoms with Gasteiger partial charge in [-0.05, 0) is 24.6 Å². The minimum atomic E-state index is -0.365. The number of hydrogen-bond acceptors (Lipinski definition) is 1. The zero-order valence-corrected chi connectivity index (χ0v) is 9.01. The largest absolute Gasteiger partial charge is 0.143 e. The fourth-order valence-corrected chi connectivity index (χ4v) is 1.42. The Morgan fingerprint density at radius 2 is 1.86 bits per heavy atom. The van der Waals surface area contributed by atoms with Gasteiger partial charge in [0.25, 0.3) is 0 Å². The Bertz CT molecular complexity index is 389. The summed E-state index contributed by atoms with van der Waals surface area (Å²) in [5.41, 5.74) is 0.701. The first-order valence-corrected chi connectivity index (χ1v) is 4.78. The van der Waals surface area contributed by atoms with Crippen molar-refractivity contribution in [2.45, 2.75) is 23.7 Å². The minimum absolute atomic E-state index is 0.365. The maximum Gasteiger partial charge on any atom is 0.0640 e. The van der Waals surface area contributed by atoms with Crippen molar-refractivity contribution in [1.29, 1.82) is 0 Å². The topological polar surface area (TPSA) is 0 Å². The standard InChI is InChI=1S/C13H12S/c1-4-10-13(3,5-2)11-6-8-12(14)9-7-11/h1-2,6-9,14H,10H2,3H3. The van der Waals surface area contributed by atoms with Gasteiger partial charge in [-0.2, -0.15) is 0 Å². The lowest BCUT2D eigenvalue weighted by molar-refractivity contribution is 0.642. The predicted octanol–water partition coefficient (Wildman–Crippen LogP) is 2.89. The molecule has 1 heteroatoms. The van der Waals surface area contributed by atoms with Gasteiger partial charge in [0.15, 0.2) is 0 Å². The second-order valence-electron chi connectivity index (χ2n) is 3.40. The lowest BCUT2D eigenvalue weighted by atomic mass is 9.81. The van der Waals surface area contributed by atoms with Gasteiger partial charge in [0.1, 0.15) is 0 Å². The van der Waals surface area contributed by atoms with Crippen molar-refractivity contribution in [2.75, 3.05) is 0 Å². The van der Waals surface area contributed by atoms with Gasteiger partial charge in [-0.25, -0.2) is 0 Å². The first kappa shape index (κ1) is 10.8. The molecule has 0 aliphatic rings. The first-order chi connectivity index (χ1) is 6.62. The summed E-state index contributed by atoms with van der Waals surface area (Å²) in [6.07, 6.45) is 11.3. The van der Waals surface area contributed by atoms with Crippen LogP contribution in [0.15, 0.2) is 29.2 Å². The summed E-state index contributed by atoms with van der Waals surface area (Å²) in [5, 5.41) is 0. The maximum absolute atomic E-state index is 5.50. The molecule has 0 heterocycles. The van der Waals surface area contributed by atoms with Crippen LogP contribution in [0.25, 0.3) is 0 Å². The molecule has 0 fully saturated rings. The molecule has 0 nitrogen and oxygen atoms in total. The normalized spacial score (nSPS) is 13.7. The van der Waals surface area contributed by atoms with Crippen molar-refractivity contribution in [1.82, 2.24) is 0 Å². The van der Waals surface area contributed by atoms with E-state index in [1.54, 1.807) is 0 Å². The van der Waals surface area contributed by atoms with E-state index < -0.39 is 0 Å². The van der Waals surface area contributed by atoms with Crippen molar-refractivity contribution in [2.24, 2.45) is 0 Å². The molecule has 0 aromatic heterocycles.